The minimum absolute atomic E-state index is 0.100. The highest BCUT2D eigenvalue weighted by Crippen LogP contribution is 2.29. The number of aryl methyl sites for hydroxylation is 1. The molecule has 0 aliphatic heterocycles. The predicted molar refractivity (Wildman–Crippen MR) is 80.2 cm³/mol. The fraction of sp³-hybridized carbons (Fsp3) is 0.385. The number of benzene rings is 1. The SMILES string of the molecule is CCn1ncnc1CC(NN)c1cc(Br)ccc1OC. The van der Waals surface area contributed by atoms with Crippen LogP contribution in [0.25, 0.3) is 0 Å². The summed E-state index contributed by atoms with van der Waals surface area (Å²) in [4.78, 5) is 4.28. The van der Waals surface area contributed by atoms with Gasteiger partial charge in [0.2, 0.25) is 0 Å². The number of nitrogens with zero attached hydrogens (tertiary/aromatic N) is 3. The Morgan fingerprint density at radius 2 is 2.30 bits per heavy atom. The van der Waals surface area contributed by atoms with E-state index in [2.05, 4.69) is 31.4 Å². The number of aromatic nitrogens is 3. The summed E-state index contributed by atoms with van der Waals surface area (Å²) in [6.45, 7) is 2.81. The Labute approximate surface area is 126 Å². The van der Waals surface area contributed by atoms with Gasteiger partial charge in [-0.2, -0.15) is 5.10 Å². The number of methoxy groups -OCH3 is 1. The van der Waals surface area contributed by atoms with Crippen LogP contribution in [0.15, 0.2) is 29.0 Å². The van der Waals surface area contributed by atoms with Crippen LogP contribution >= 0.6 is 15.9 Å². The Morgan fingerprint density at radius 3 is 2.95 bits per heavy atom. The average molecular weight is 340 g/mol. The predicted octanol–water partition coefficient (Wildman–Crippen LogP) is 1.82. The highest BCUT2D eigenvalue weighted by Gasteiger charge is 2.18. The highest BCUT2D eigenvalue weighted by molar-refractivity contribution is 9.10. The van der Waals surface area contributed by atoms with Crippen LogP contribution in [0, 0.1) is 0 Å². The fourth-order valence-electron chi connectivity index (χ4n) is 2.13. The number of halogens is 1. The molecule has 3 N–H and O–H groups in total. The minimum atomic E-state index is -0.100. The van der Waals surface area contributed by atoms with E-state index in [9.17, 15) is 0 Å². The van der Waals surface area contributed by atoms with Crippen molar-refractivity contribution >= 4 is 15.9 Å². The molecule has 0 radical (unpaired) electrons. The van der Waals surface area contributed by atoms with E-state index in [0.29, 0.717) is 6.42 Å². The van der Waals surface area contributed by atoms with E-state index < -0.39 is 0 Å². The van der Waals surface area contributed by atoms with Gasteiger partial charge in [-0.1, -0.05) is 15.9 Å². The number of rotatable bonds is 6. The third-order valence-electron chi connectivity index (χ3n) is 3.15. The molecule has 1 heterocycles. The van der Waals surface area contributed by atoms with Crippen LogP contribution < -0.4 is 16.0 Å². The van der Waals surface area contributed by atoms with Crippen LogP contribution in [0.1, 0.15) is 24.4 Å². The number of hydrazine groups is 1. The molecule has 0 aliphatic rings. The summed E-state index contributed by atoms with van der Waals surface area (Å²) < 4.78 is 8.23. The maximum absolute atomic E-state index is 5.71. The van der Waals surface area contributed by atoms with Crippen molar-refractivity contribution in [1.82, 2.24) is 20.2 Å². The molecule has 1 atom stereocenters. The Kier molecular flexibility index (Phi) is 5.11. The third-order valence-corrected chi connectivity index (χ3v) is 3.64. The van der Waals surface area contributed by atoms with Crippen LogP contribution in [0.3, 0.4) is 0 Å². The first-order valence-corrected chi connectivity index (χ1v) is 7.15. The van der Waals surface area contributed by atoms with Gasteiger partial charge in [0, 0.05) is 23.0 Å². The fourth-order valence-corrected chi connectivity index (χ4v) is 2.51. The molecule has 0 saturated heterocycles. The van der Waals surface area contributed by atoms with Gasteiger partial charge in [0.1, 0.15) is 17.9 Å². The summed E-state index contributed by atoms with van der Waals surface area (Å²) in [7, 11) is 1.65. The molecule has 1 unspecified atom stereocenters. The molecule has 2 rings (SSSR count). The molecule has 0 bridgehead atoms. The number of ether oxygens (including phenoxy) is 1. The second-order valence-electron chi connectivity index (χ2n) is 4.30. The quantitative estimate of drug-likeness (QED) is 0.620. The molecule has 7 heteroatoms. The molecule has 0 aliphatic carbocycles. The Hall–Kier alpha value is -1.44. The second-order valence-corrected chi connectivity index (χ2v) is 5.22. The van der Waals surface area contributed by atoms with Crippen molar-refractivity contribution in [2.75, 3.05) is 7.11 Å². The van der Waals surface area contributed by atoms with Gasteiger partial charge in [-0.15, -0.1) is 0 Å². The summed E-state index contributed by atoms with van der Waals surface area (Å²) in [6.07, 6.45) is 2.20. The molecular formula is C13H18BrN5O. The maximum Gasteiger partial charge on any atom is 0.138 e. The average Bonchev–Trinajstić information content (AvgIpc) is 2.91. The summed E-state index contributed by atoms with van der Waals surface area (Å²) in [5.41, 5.74) is 3.81. The van der Waals surface area contributed by atoms with Crippen LogP contribution in [0.4, 0.5) is 0 Å². The van der Waals surface area contributed by atoms with Crippen LogP contribution in [0.2, 0.25) is 0 Å². The molecule has 2 aromatic rings. The second kappa shape index (κ2) is 6.83. The van der Waals surface area contributed by atoms with Gasteiger partial charge in [0.05, 0.1) is 13.2 Å². The van der Waals surface area contributed by atoms with E-state index in [4.69, 9.17) is 10.6 Å². The van der Waals surface area contributed by atoms with Crippen LogP contribution in [0.5, 0.6) is 5.75 Å². The zero-order valence-corrected chi connectivity index (χ0v) is 13.1. The zero-order chi connectivity index (χ0) is 14.5. The molecule has 1 aromatic heterocycles. The van der Waals surface area contributed by atoms with Crippen molar-refractivity contribution in [3.05, 3.63) is 40.4 Å². The first kappa shape index (κ1) is 15.0. The van der Waals surface area contributed by atoms with Crippen LogP contribution in [-0.4, -0.2) is 21.9 Å². The van der Waals surface area contributed by atoms with Crippen molar-refractivity contribution < 1.29 is 4.74 Å². The molecule has 0 saturated carbocycles. The molecule has 0 spiro atoms. The number of hydrogen-bond donors (Lipinski definition) is 2. The zero-order valence-electron chi connectivity index (χ0n) is 11.5. The largest absolute Gasteiger partial charge is 0.496 e. The standard InChI is InChI=1S/C13H18BrN5O/c1-3-19-13(16-8-17-19)7-11(18-15)10-6-9(14)4-5-12(10)20-2/h4-6,8,11,18H,3,7,15H2,1-2H3. The van der Waals surface area contributed by atoms with Gasteiger partial charge >= 0.3 is 0 Å². The minimum Gasteiger partial charge on any atom is -0.496 e. The van der Waals surface area contributed by atoms with Gasteiger partial charge in [0.15, 0.2) is 0 Å². The van der Waals surface area contributed by atoms with E-state index in [-0.39, 0.29) is 6.04 Å². The monoisotopic (exact) mass is 339 g/mol. The van der Waals surface area contributed by atoms with E-state index in [0.717, 1.165) is 28.2 Å². The summed E-state index contributed by atoms with van der Waals surface area (Å²) in [6, 6.07) is 5.74. The lowest BCUT2D eigenvalue weighted by Crippen LogP contribution is -2.30. The maximum atomic E-state index is 5.71. The summed E-state index contributed by atoms with van der Waals surface area (Å²) in [5, 5.41) is 4.17. The van der Waals surface area contributed by atoms with E-state index in [1.54, 1.807) is 13.4 Å². The highest BCUT2D eigenvalue weighted by atomic mass is 79.9. The van der Waals surface area contributed by atoms with E-state index >= 15 is 0 Å². The third kappa shape index (κ3) is 3.17. The van der Waals surface area contributed by atoms with Crippen molar-refractivity contribution in [3.63, 3.8) is 0 Å². The number of nitrogens with one attached hydrogen (secondary N) is 1. The Balaban J connectivity index is 2.30. The normalized spacial score (nSPS) is 12.4. The number of nitrogens with two attached hydrogens (primary N) is 1. The van der Waals surface area contributed by atoms with Crippen molar-refractivity contribution in [2.24, 2.45) is 5.84 Å². The van der Waals surface area contributed by atoms with Crippen molar-refractivity contribution in [1.29, 1.82) is 0 Å². The van der Waals surface area contributed by atoms with Gasteiger partial charge in [-0.25, -0.2) is 4.98 Å². The topological polar surface area (TPSA) is 78.0 Å². The Morgan fingerprint density at radius 1 is 1.50 bits per heavy atom. The molecule has 6 nitrogen and oxygen atoms in total. The first-order chi connectivity index (χ1) is 9.69. The van der Waals surface area contributed by atoms with E-state index in [1.165, 1.54) is 0 Å². The van der Waals surface area contributed by atoms with Gasteiger partial charge in [0.25, 0.3) is 0 Å². The van der Waals surface area contributed by atoms with Gasteiger partial charge in [-0.05, 0) is 25.1 Å². The lowest BCUT2D eigenvalue weighted by atomic mass is 10.0. The van der Waals surface area contributed by atoms with Crippen molar-refractivity contribution in [2.45, 2.75) is 25.9 Å². The summed E-state index contributed by atoms with van der Waals surface area (Å²) >= 11 is 3.47. The van der Waals surface area contributed by atoms with Crippen LogP contribution in [-0.2, 0) is 13.0 Å². The smallest absolute Gasteiger partial charge is 0.138 e. The van der Waals surface area contributed by atoms with Gasteiger partial charge in [-0.3, -0.25) is 16.0 Å². The Bertz CT molecular complexity index is 572. The van der Waals surface area contributed by atoms with E-state index in [1.807, 2.05) is 29.8 Å². The lowest BCUT2D eigenvalue weighted by Gasteiger charge is -2.19. The molecular weight excluding hydrogens is 322 g/mol. The first-order valence-electron chi connectivity index (χ1n) is 6.35. The van der Waals surface area contributed by atoms with Gasteiger partial charge < -0.3 is 4.74 Å². The molecule has 0 amide bonds. The number of hydrogen-bond acceptors (Lipinski definition) is 5. The lowest BCUT2D eigenvalue weighted by molar-refractivity contribution is 0.397. The molecule has 108 valence electrons. The van der Waals surface area contributed by atoms with Crippen molar-refractivity contribution in [3.8, 4) is 5.75 Å². The summed E-state index contributed by atoms with van der Waals surface area (Å²) in [5.74, 6) is 7.39. The molecule has 0 fully saturated rings. The molecule has 20 heavy (non-hydrogen) atoms. The molecule has 1 aromatic carbocycles.